The van der Waals surface area contributed by atoms with Crippen LogP contribution in [0.25, 0.3) is 0 Å². The van der Waals surface area contributed by atoms with Crippen LogP contribution in [0.15, 0.2) is 41.6 Å². The molecule has 1 aliphatic heterocycles. The fraction of sp³-hybridized carbons (Fsp3) is 0.450. The van der Waals surface area contributed by atoms with Crippen molar-refractivity contribution in [2.75, 3.05) is 20.2 Å². The Kier molecular flexibility index (Phi) is 6.55. The Labute approximate surface area is 164 Å². The maximum atomic E-state index is 12.6. The van der Waals surface area contributed by atoms with Crippen molar-refractivity contribution in [2.24, 2.45) is 0 Å². The van der Waals surface area contributed by atoms with Crippen LogP contribution in [0, 0.1) is 0 Å². The minimum Gasteiger partial charge on any atom is -0.480 e. The van der Waals surface area contributed by atoms with Crippen LogP contribution < -0.4 is 9.47 Å². The van der Waals surface area contributed by atoms with Crippen LogP contribution in [0.3, 0.4) is 0 Å². The second-order valence-corrected chi connectivity index (χ2v) is 8.41. The quantitative estimate of drug-likeness (QED) is 0.680. The SMILES string of the molecule is COc1cncc(OC2CCN(C(=O)Cc3ccc(SC(C)C)cc3)C2)n1. The van der Waals surface area contributed by atoms with Crippen molar-refractivity contribution in [3.8, 4) is 11.8 Å². The van der Waals surface area contributed by atoms with Crippen LogP contribution in [-0.4, -0.2) is 52.3 Å². The average molecular weight is 388 g/mol. The van der Waals surface area contributed by atoms with Crippen LogP contribution in [0.1, 0.15) is 25.8 Å². The Morgan fingerprint density at radius 3 is 2.70 bits per heavy atom. The smallest absolute Gasteiger partial charge is 0.235 e. The van der Waals surface area contributed by atoms with Crippen molar-refractivity contribution in [1.82, 2.24) is 14.9 Å². The lowest BCUT2D eigenvalue weighted by Gasteiger charge is -2.17. The summed E-state index contributed by atoms with van der Waals surface area (Å²) in [5, 5.41) is 0.549. The van der Waals surface area contributed by atoms with Gasteiger partial charge in [0.25, 0.3) is 0 Å². The fourth-order valence-corrected chi connectivity index (χ4v) is 3.79. The van der Waals surface area contributed by atoms with Gasteiger partial charge in [-0.15, -0.1) is 11.8 Å². The summed E-state index contributed by atoms with van der Waals surface area (Å²) >= 11 is 1.82. The van der Waals surface area contributed by atoms with Crippen molar-refractivity contribution in [1.29, 1.82) is 0 Å². The molecule has 1 fully saturated rings. The largest absolute Gasteiger partial charge is 0.480 e. The highest BCUT2D eigenvalue weighted by Gasteiger charge is 2.28. The van der Waals surface area contributed by atoms with Crippen molar-refractivity contribution >= 4 is 17.7 Å². The zero-order valence-electron chi connectivity index (χ0n) is 15.9. The third kappa shape index (κ3) is 5.60. The molecular weight excluding hydrogens is 362 g/mol. The Hall–Kier alpha value is -2.28. The van der Waals surface area contributed by atoms with E-state index in [2.05, 4.69) is 35.9 Å². The monoisotopic (exact) mass is 387 g/mol. The van der Waals surface area contributed by atoms with Crippen LogP contribution in [0.4, 0.5) is 0 Å². The second kappa shape index (κ2) is 9.08. The molecule has 7 heteroatoms. The first-order valence-corrected chi connectivity index (χ1v) is 9.97. The van der Waals surface area contributed by atoms with Gasteiger partial charge in [-0.2, -0.15) is 4.98 Å². The lowest BCUT2D eigenvalue weighted by molar-refractivity contribution is -0.129. The van der Waals surface area contributed by atoms with Gasteiger partial charge in [0.05, 0.1) is 32.5 Å². The van der Waals surface area contributed by atoms with E-state index in [9.17, 15) is 4.79 Å². The van der Waals surface area contributed by atoms with Crippen molar-refractivity contribution < 1.29 is 14.3 Å². The van der Waals surface area contributed by atoms with Gasteiger partial charge in [-0.05, 0) is 17.7 Å². The number of hydrogen-bond acceptors (Lipinski definition) is 6. The van der Waals surface area contributed by atoms with Crippen molar-refractivity contribution in [2.45, 2.75) is 42.9 Å². The molecule has 2 aromatic rings. The average Bonchev–Trinajstić information content (AvgIpc) is 3.12. The summed E-state index contributed by atoms with van der Waals surface area (Å²) in [7, 11) is 1.54. The van der Waals surface area contributed by atoms with Gasteiger partial charge in [-0.1, -0.05) is 26.0 Å². The Bertz CT molecular complexity index is 767. The molecule has 1 unspecified atom stereocenters. The van der Waals surface area contributed by atoms with E-state index in [0.29, 0.717) is 36.5 Å². The van der Waals surface area contributed by atoms with E-state index in [1.54, 1.807) is 6.20 Å². The number of benzene rings is 1. The molecule has 1 atom stereocenters. The lowest BCUT2D eigenvalue weighted by atomic mass is 10.1. The third-order valence-corrected chi connectivity index (χ3v) is 5.25. The van der Waals surface area contributed by atoms with Crippen LogP contribution in [0.5, 0.6) is 11.8 Å². The summed E-state index contributed by atoms with van der Waals surface area (Å²) in [6.07, 6.45) is 4.22. The molecule has 0 aliphatic carbocycles. The number of ether oxygens (including phenoxy) is 2. The molecule has 1 aromatic carbocycles. The number of nitrogens with zero attached hydrogens (tertiary/aromatic N) is 3. The number of carbonyl (C=O) groups excluding carboxylic acids is 1. The zero-order chi connectivity index (χ0) is 19.2. The topological polar surface area (TPSA) is 64.6 Å². The molecule has 1 saturated heterocycles. The third-order valence-electron chi connectivity index (χ3n) is 4.24. The van der Waals surface area contributed by atoms with E-state index >= 15 is 0 Å². The molecule has 0 radical (unpaired) electrons. The number of aromatic nitrogens is 2. The van der Waals surface area contributed by atoms with Gasteiger partial charge in [0.1, 0.15) is 6.10 Å². The highest BCUT2D eigenvalue weighted by atomic mass is 32.2. The van der Waals surface area contributed by atoms with Gasteiger partial charge in [-0.25, -0.2) is 0 Å². The molecule has 144 valence electrons. The number of thioether (sulfide) groups is 1. The highest BCUT2D eigenvalue weighted by Crippen LogP contribution is 2.23. The first-order chi connectivity index (χ1) is 13.0. The molecular formula is C20H25N3O3S. The second-order valence-electron chi connectivity index (χ2n) is 6.76. The highest BCUT2D eigenvalue weighted by molar-refractivity contribution is 7.99. The molecule has 0 bridgehead atoms. The molecule has 6 nitrogen and oxygen atoms in total. The van der Waals surface area contributed by atoms with Gasteiger partial charge in [0.2, 0.25) is 17.7 Å². The molecule has 0 spiro atoms. The number of methoxy groups -OCH3 is 1. The minimum absolute atomic E-state index is 0.0693. The standard InChI is InChI=1S/C20H25N3O3S/c1-14(2)27-17-6-4-15(5-7-17)10-20(24)23-9-8-16(13-23)26-19-12-21-11-18(22-19)25-3/h4-7,11-12,14,16H,8-10,13H2,1-3H3. The number of likely N-dealkylation sites (tertiary alicyclic amines) is 1. The lowest BCUT2D eigenvalue weighted by Crippen LogP contribution is -2.32. The van der Waals surface area contributed by atoms with E-state index in [1.165, 1.54) is 18.2 Å². The van der Waals surface area contributed by atoms with Gasteiger partial charge in [-0.3, -0.25) is 9.78 Å². The number of amides is 1. The van der Waals surface area contributed by atoms with Crippen molar-refractivity contribution in [3.63, 3.8) is 0 Å². The molecule has 1 aromatic heterocycles. The minimum atomic E-state index is -0.0693. The normalized spacial score (nSPS) is 16.6. The number of hydrogen-bond donors (Lipinski definition) is 0. The summed E-state index contributed by atoms with van der Waals surface area (Å²) in [5.74, 6) is 0.964. The summed E-state index contributed by atoms with van der Waals surface area (Å²) < 4.78 is 10.9. The van der Waals surface area contributed by atoms with E-state index in [0.717, 1.165) is 12.0 Å². The van der Waals surface area contributed by atoms with E-state index in [1.807, 2.05) is 28.8 Å². The Morgan fingerprint density at radius 2 is 2.00 bits per heavy atom. The Balaban J connectivity index is 1.51. The Morgan fingerprint density at radius 1 is 1.26 bits per heavy atom. The van der Waals surface area contributed by atoms with Crippen molar-refractivity contribution in [3.05, 3.63) is 42.2 Å². The van der Waals surface area contributed by atoms with Gasteiger partial charge >= 0.3 is 0 Å². The molecule has 1 aliphatic rings. The van der Waals surface area contributed by atoms with Crippen LogP contribution in [-0.2, 0) is 11.2 Å². The first-order valence-electron chi connectivity index (χ1n) is 9.09. The molecule has 27 heavy (non-hydrogen) atoms. The summed E-state index contributed by atoms with van der Waals surface area (Å²) in [6, 6.07) is 8.26. The predicted octanol–water partition coefficient (Wildman–Crippen LogP) is 3.21. The number of carbonyl (C=O) groups is 1. The molecule has 2 heterocycles. The van der Waals surface area contributed by atoms with Crippen LogP contribution in [0.2, 0.25) is 0 Å². The fourth-order valence-electron chi connectivity index (χ4n) is 2.95. The van der Waals surface area contributed by atoms with E-state index < -0.39 is 0 Å². The zero-order valence-corrected chi connectivity index (χ0v) is 16.7. The summed E-state index contributed by atoms with van der Waals surface area (Å²) in [5.41, 5.74) is 1.04. The molecule has 1 amide bonds. The first kappa shape index (κ1) is 19.5. The maximum absolute atomic E-state index is 12.6. The van der Waals surface area contributed by atoms with Gasteiger partial charge < -0.3 is 14.4 Å². The molecule has 0 saturated carbocycles. The van der Waals surface area contributed by atoms with E-state index in [-0.39, 0.29) is 12.0 Å². The molecule has 3 rings (SSSR count). The predicted molar refractivity (Wildman–Crippen MR) is 105 cm³/mol. The number of rotatable bonds is 7. The summed E-state index contributed by atoms with van der Waals surface area (Å²) in [6.45, 7) is 5.61. The van der Waals surface area contributed by atoms with Crippen LogP contribution >= 0.6 is 11.8 Å². The van der Waals surface area contributed by atoms with E-state index in [4.69, 9.17) is 9.47 Å². The maximum Gasteiger partial charge on any atom is 0.235 e. The van der Waals surface area contributed by atoms with Gasteiger partial charge in [0.15, 0.2) is 0 Å². The summed E-state index contributed by atoms with van der Waals surface area (Å²) in [4.78, 5) is 23.9. The molecule has 0 N–H and O–H groups in total. The van der Waals surface area contributed by atoms with Gasteiger partial charge in [0, 0.05) is 23.1 Å².